The van der Waals surface area contributed by atoms with Crippen molar-refractivity contribution < 1.29 is 4.79 Å². The molecule has 0 saturated heterocycles. The molecule has 21 heavy (non-hydrogen) atoms. The number of aromatic nitrogens is 4. The Labute approximate surface area is 125 Å². The number of amides is 1. The second kappa shape index (κ2) is 6.27. The maximum Gasteiger partial charge on any atom is 0.224 e. The van der Waals surface area contributed by atoms with E-state index in [4.69, 9.17) is 0 Å². The van der Waals surface area contributed by atoms with Crippen LogP contribution in [-0.4, -0.2) is 26.1 Å². The summed E-state index contributed by atoms with van der Waals surface area (Å²) in [4.78, 5) is 11.9. The number of carbonyl (C=O) groups is 1. The molecule has 0 aliphatic carbocycles. The molecular weight excluding hydrogens is 286 g/mol. The third kappa shape index (κ3) is 3.51. The quantitative estimate of drug-likeness (QED) is 0.784. The van der Waals surface area contributed by atoms with Gasteiger partial charge in [0.05, 0.1) is 5.69 Å². The van der Waals surface area contributed by atoms with E-state index in [0.29, 0.717) is 6.42 Å². The molecule has 1 aromatic carbocycles. The largest absolute Gasteiger partial charge is 0.326 e. The van der Waals surface area contributed by atoms with Crippen LogP contribution in [0.25, 0.3) is 5.69 Å². The lowest BCUT2D eigenvalue weighted by atomic mass is 10.2. The van der Waals surface area contributed by atoms with Crippen molar-refractivity contribution in [3.8, 4) is 5.69 Å². The van der Waals surface area contributed by atoms with E-state index < -0.39 is 0 Å². The van der Waals surface area contributed by atoms with E-state index in [9.17, 15) is 4.79 Å². The van der Waals surface area contributed by atoms with Gasteiger partial charge in [-0.1, -0.05) is 0 Å². The summed E-state index contributed by atoms with van der Waals surface area (Å²) >= 11 is 1.65. The van der Waals surface area contributed by atoms with E-state index in [-0.39, 0.29) is 5.91 Å². The highest BCUT2D eigenvalue weighted by Crippen LogP contribution is 2.13. The van der Waals surface area contributed by atoms with Crippen molar-refractivity contribution in [2.24, 2.45) is 0 Å². The van der Waals surface area contributed by atoms with Crippen LogP contribution in [-0.2, 0) is 11.2 Å². The first-order valence-electron chi connectivity index (χ1n) is 6.45. The van der Waals surface area contributed by atoms with E-state index in [2.05, 4.69) is 26.2 Å². The number of nitrogens with zero attached hydrogens (tertiary/aromatic N) is 4. The van der Waals surface area contributed by atoms with Crippen LogP contribution in [0.4, 0.5) is 5.69 Å². The Balaban J connectivity index is 1.56. The normalized spacial score (nSPS) is 10.5. The molecule has 3 rings (SSSR count). The van der Waals surface area contributed by atoms with Crippen LogP contribution in [0.15, 0.2) is 47.4 Å². The minimum absolute atomic E-state index is 0.0105. The second-order valence-corrected chi connectivity index (χ2v) is 5.26. The van der Waals surface area contributed by atoms with Crippen molar-refractivity contribution in [3.63, 3.8) is 0 Å². The first kappa shape index (κ1) is 13.4. The van der Waals surface area contributed by atoms with Gasteiger partial charge in [-0.2, -0.15) is 11.3 Å². The molecule has 3 aromatic rings. The molecule has 6 nitrogen and oxygen atoms in total. The fraction of sp³-hybridized carbons (Fsp3) is 0.143. The molecule has 1 amide bonds. The third-order valence-corrected chi connectivity index (χ3v) is 3.72. The van der Waals surface area contributed by atoms with Crippen LogP contribution >= 0.6 is 11.3 Å². The molecule has 0 radical (unpaired) electrons. The monoisotopic (exact) mass is 299 g/mol. The van der Waals surface area contributed by atoms with Crippen molar-refractivity contribution in [1.82, 2.24) is 20.2 Å². The van der Waals surface area contributed by atoms with Crippen molar-refractivity contribution >= 4 is 22.9 Å². The molecule has 0 aliphatic heterocycles. The Bertz CT molecular complexity index is 692. The minimum atomic E-state index is 0.0105. The molecule has 0 saturated carbocycles. The van der Waals surface area contributed by atoms with Crippen molar-refractivity contribution in [2.75, 3.05) is 5.32 Å². The predicted octanol–water partition coefficient (Wildman–Crippen LogP) is 2.30. The molecule has 106 valence electrons. The number of benzene rings is 1. The third-order valence-electron chi connectivity index (χ3n) is 2.99. The van der Waals surface area contributed by atoms with Gasteiger partial charge in [-0.15, -0.1) is 5.10 Å². The van der Waals surface area contributed by atoms with Gasteiger partial charge in [-0.3, -0.25) is 4.79 Å². The zero-order valence-electron chi connectivity index (χ0n) is 11.1. The van der Waals surface area contributed by atoms with Gasteiger partial charge in [0.25, 0.3) is 0 Å². The smallest absolute Gasteiger partial charge is 0.224 e. The molecular formula is C14H13N5OS. The molecule has 0 bridgehead atoms. The van der Waals surface area contributed by atoms with Gasteiger partial charge in [0, 0.05) is 12.1 Å². The van der Waals surface area contributed by atoms with Gasteiger partial charge < -0.3 is 5.32 Å². The fourth-order valence-electron chi connectivity index (χ4n) is 1.89. The number of nitrogens with one attached hydrogen (secondary N) is 1. The molecule has 0 spiro atoms. The van der Waals surface area contributed by atoms with Crippen LogP contribution in [0.3, 0.4) is 0 Å². The van der Waals surface area contributed by atoms with Crippen molar-refractivity contribution in [1.29, 1.82) is 0 Å². The van der Waals surface area contributed by atoms with Crippen molar-refractivity contribution in [2.45, 2.75) is 12.8 Å². The van der Waals surface area contributed by atoms with Gasteiger partial charge in [-0.05, 0) is 63.5 Å². The number of rotatable bonds is 5. The van der Waals surface area contributed by atoms with Crippen LogP contribution < -0.4 is 5.32 Å². The number of carbonyl (C=O) groups excluding carboxylic acids is 1. The number of hydrogen-bond donors (Lipinski definition) is 1. The highest BCUT2D eigenvalue weighted by atomic mass is 32.1. The average molecular weight is 299 g/mol. The summed E-state index contributed by atoms with van der Waals surface area (Å²) < 4.78 is 1.56. The standard InChI is InChI=1S/C14H13N5OS/c20-14(6-1-11-7-8-21-9-11)16-12-2-4-13(5-3-12)19-10-15-17-18-19/h2-5,7-10H,1,6H2,(H,16,20). The molecule has 2 aromatic heterocycles. The lowest BCUT2D eigenvalue weighted by molar-refractivity contribution is -0.116. The maximum atomic E-state index is 11.9. The Hall–Kier alpha value is -2.54. The van der Waals surface area contributed by atoms with Gasteiger partial charge in [0.1, 0.15) is 6.33 Å². The Morgan fingerprint density at radius 2 is 2.10 bits per heavy atom. The summed E-state index contributed by atoms with van der Waals surface area (Å²) in [5, 5.41) is 17.9. The number of thiophene rings is 1. The van der Waals surface area contributed by atoms with Gasteiger partial charge in [0.15, 0.2) is 0 Å². The molecule has 7 heteroatoms. The molecule has 0 atom stereocenters. The molecule has 2 heterocycles. The zero-order valence-corrected chi connectivity index (χ0v) is 12.0. The summed E-state index contributed by atoms with van der Waals surface area (Å²) in [6, 6.07) is 9.41. The summed E-state index contributed by atoms with van der Waals surface area (Å²) in [6.07, 6.45) is 2.76. The highest BCUT2D eigenvalue weighted by Gasteiger charge is 2.04. The second-order valence-electron chi connectivity index (χ2n) is 4.48. The van der Waals surface area contributed by atoms with Gasteiger partial charge >= 0.3 is 0 Å². The van der Waals surface area contributed by atoms with E-state index in [1.54, 1.807) is 16.0 Å². The van der Waals surface area contributed by atoms with E-state index in [0.717, 1.165) is 17.8 Å². The Morgan fingerprint density at radius 1 is 1.24 bits per heavy atom. The first-order chi connectivity index (χ1) is 10.3. The van der Waals surface area contributed by atoms with E-state index in [1.807, 2.05) is 35.7 Å². The fourth-order valence-corrected chi connectivity index (χ4v) is 2.60. The van der Waals surface area contributed by atoms with Crippen LogP contribution in [0.1, 0.15) is 12.0 Å². The summed E-state index contributed by atoms with van der Waals surface area (Å²) in [5.41, 5.74) is 2.81. The minimum Gasteiger partial charge on any atom is -0.326 e. The Kier molecular flexibility index (Phi) is 4.02. The highest BCUT2D eigenvalue weighted by molar-refractivity contribution is 7.07. The van der Waals surface area contributed by atoms with E-state index >= 15 is 0 Å². The maximum absolute atomic E-state index is 11.9. The summed E-state index contributed by atoms with van der Waals surface area (Å²) in [5.74, 6) is 0.0105. The van der Waals surface area contributed by atoms with E-state index in [1.165, 1.54) is 11.9 Å². The first-order valence-corrected chi connectivity index (χ1v) is 7.40. The van der Waals surface area contributed by atoms with Crippen LogP contribution in [0, 0.1) is 0 Å². The average Bonchev–Trinajstić information content (AvgIpc) is 3.19. The molecule has 0 unspecified atom stereocenters. The van der Waals surface area contributed by atoms with Crippen LogP contribution in [0.5, 0.6) is 0 Å². The lowest BCUT2D eigenvalue weighted by Gasteiger charge is -2.06. The van der Waals surface area contributed by atoms with Crippen molar-refractivity contribution in [3.05, 3.63) is 53.0 Å². The molecule has 0 aliphatic rings. The van der Waals surface area contributed by atoms with Gasteiger partial charge in [-0.25, -0.2) is 4.68 Å². The summed E-state index contributed by atoms with van der Waals surface area (Å²) in [7, 11) is 0. The molecule has 1 N–H and O–H groups in total. The number of anilines is 1. The zero-order chi connectivity index (χ0) is 14.5. The number of tetrazole rings is 1. The topological polar surface area (TPSA) is 72.7 Å². The van der Waals surface area contributed by atoms with Gasteiger partial charge in [0.2, 0.25) is 5.91 Å². The van der Waals surface area contributed by atoms with Crippen LogP contribution in [0.2, 0.25) is 0 Å². The molecule has 0 fully saturated rings. The Morgan fingerprint density at radius 3 is 2.76 bits per heavy atom. The SMILES string of the molecule is O=C(CCc1ccsc1)Nc1ccc(-n2cnnn2)cc1. The number of aryl methyl sites for hydroxylation is 1. The summed E-state index contributed by atoms with van der Waals surface area (Å²) in [6.45, 7) is 0. The lowest BCUT2D eigenvalue weighted by Crippen LogP contribution is -2.12. The predicted molar refractivity (Wildman–Crippen MR) is 80.4 cm³/mol. The number of hydrogen-bond acceptors (Lipinski definition) is 5.